The predicted molar refractivity (Wildman–Crippen MR) is 73.3 cm³/mol. The zero-order valence-corrected chi connectivity index (χ0v) is 11.9. The van der Waals surface area contributed by atoms with E-state index in [1.807, 2.05) is 0 Å². The smallest absolute Gasteiger partial charge is 0.317 e. The van der Waals surface area contributed by atoms with Crippen molar-refractivity contribution >= 4 is 23.3 Å². The summed E-state index contributed by atoms with van der Waals surface area (Å²) in [7, 11) is 0. The van der Waals surface area contributed by atoms with Gasteiger partial charge in [-0.15, -0.1) is 11.3 Å². The highest BCUT2D eigenvalue weighted by Crippen LogP contribution is 2.21. The fourth-order valence-electron chi connectivity index (χ4n) is 2.16. The molecule has 2 heterocycles. The highest BCUT2D eigenvalue weighted by molar-refractivity contribution is 7.12. The van der Waals surface area contributed by atoms with Crippen LogP contribution in [0.2, 0.25) is 0 Å². The Morgan fingerprint density at radius 3 is 2.79 bits per heavy atom. The third kappa shape index (κ3) is 3.26. The Morgan fingerprint density at radius 1 is 1.53 bits per heavy atom. The molecule has 6 heteroatoms. The minimum atomic E-state index is -0.820. The Kier molecular flexibility index (Phi) is 4.09. The van der Waals surface area contributed by atoms with Crippen LogP contribution in [0.3, 0.4) is 0 Å². The number of nitrogens with one attached hydrogen (secondary N) is 1. The largest absolute Gasteiger partial charge is 0.481 e. The minimum absolute atomic E-state index is 0.174. The van der Waals surface area contributed by atoms with Crippen molar-refractivity contribution in [3.63, 3.8) is 0 Å². The van der Waals surface area contributed by atoms with Crippen LogP contribution >= 0.6 is 11.3 Å². The van der Waals surface area contributed by atoms with Crippen molar-refractivity contribution in [2.45, 2.75) is 26.8 Å². The number of urea groups is 1. The van der Waals surface area contributed by atoms with E-state index in [4.69, 9.17) is 5.11 Å². The number of amides is 2. The van der Waals surface area contributed by atoms with Gasteiger partial charge in [-0.1, -0.05) is 0 Å². The summed E-state index contributed by atoms with van der Waals surface area (Å²) in [6.45, 7) is 5.44. The molecule has 2 rings (SSSR count). The Labute approximate surface area is 116 Å². The van der Waals surface area contributed by atoms with Gasteiger partial charge in [0.05, 0.1) is 12.5 Å². The van der Waals surface area contributed by atoms with Gasteiger partial charge in [-0.3, -0.25) is 4.79 Å². The van der Waals surface area contributed by atoms with Gasteiger partial charge in [0, 0.05) is 22.8 Å². The molecular weight excluding hydrogens is 264 g/mol. The molecule has 19 heavy (non-hydrogen) atoms. The summed E-state index contributed by atoms with van der Waals surface area (Å²) in [5.41, 5.74) is 1.24. The number of carboxylic acid groups (broad SMARTS) is 1. The second kappa shape index (κ2) is 5.61. The lowest BCUT2D eigenvalue weighted by Crippen LogP contribution is -2.38. The van der Waals surface area contributed by atoms with Gasteiger partial charge in [0.1, 0.15) is 0 Å². The number of nitrogens with zero attached hydrogens (tertiary/aromatic N) is 1. The van der Waals surface area contributed by atoms with Crippen LogP contribution < -0.4 is 5.32 Å². The van der Waals surface area contributed by atoms with Gasteiger partial charge >= 0.3 is 12.0 Å². The quantitative estimate of drug-likeness (QED) is 0.890. The number of thiophene rings is 1. The summed E-state index contributed by atoms with van der Waals surface area (Å²) in [4.78, 5) is 26.7. The lowest BCUT2D eigenvalue weighted by Gasteiger charge is -2.16. The zero-order chi connectivity index (χ0) is 14.0. The monoisotopic (exact) mass is 282 g/mol. The van der Waals surface area contributed by atoms with Crippen LogP contribution in [-0.2, 0) is 11.3 Å². The van der Waals surface area contributed by atoms with Crippen molar-refractivity contribution in [1.82, 2.24) is 10.2 Å². The number of aryl methyl sites for hydroxylation is 2. The van der Waals surface area contributed by atoms with Crippen LogP contribution in [0.4, 0.5) is 4.79 Å². The molecule has 2 N–H and O–H groups in total. The number of aliphatic carboxylic acids is 1. The Balaban J connectivity index is 1.83. The van der Waals surface area contributed by atoms with Crippen molar-refractivity contribution in [3.8, 4) is 0 Å². The van der Waals surface area contributed by atoms with Crippen LogP contribution in [0.1, 0.15) is 21.7 Å². The number of hydrogen-bond acceptors (Lipinski definition) is 3. The molecule has 0 spiro atoms. The summed E-state index contributed by atoms with van der Waals surface area (Å²) < 4.78 is 0. The van der Waals surface area contributed by atoms with Gasteiger partial charge in [0.2, 0.25) is 0 Å². The number of carboxylic acids is 1. The van der Waals surface area contributed by atoms with Crippen LogP contribution in [0.25, 0.3) is 0 Å². The van der Waals surface area contributed by atoms with E-state index in [0.717, 1.165) is 4.88 Å². The molecule has 0 aromatic carbocycles. The van der Waals surface area contributed by atoms with Gasteiger partial charge < -0.3 is 15.3 Å². The molecule has 1 fully saturated rings. The molecule has 1 unspecified atom stereocenters. The number of carbonyl (C=O) groups is 2. The summed E-state index contributed by atoms with van der Waals surface area (Å²) in [5.74, 6) is -1.24. The zero-order valence-electron chi connectivity index (χ0n) is 11.1. The summed E-state index contributed by atoms with van der Waals surface area (Å²) in [5, 5.41) is 11.7. The minimum Gasteiger partial charge on any atom is -0.481 e. The third-order valence-corrected chi connectivity index (χ3v) is 4.61. The molecule has 1 aliphatic rings. The summed E-state index contributed by atoms with van der Waals surface area (Å²) in [6, 6.07) is 1.90. The van der Waals surface area contributed by atoms with Crippen molar-refractivity contribution in [3.05, 3.63) is 21.4 Å². The van der Waals surface area contributed by atoms with Crippen LogP contribution in [0.5, 0.6) is 0 Å². The summed E-state index contributed by atoms with van der Waals surface area (Å²) >= 11 is 1.68. The maximum atomic E-state index is 11.9. The topological polar surface area (TPSA) is 69.6 Å². The first-order valence-corrected chi connectivity index (χ1v) is 7.10. The molecule has 1 saturated heterocycles. The average Bonchev–Trinajstić information content (AvgIpc) is 2.95. The van der Waals surface area contributed by atoms with E-state index >= 15 is 0 Å². The maximum absolute atomic E-state index is 11.9. The third-order valence-electron chi connectivity index (χ3n) is 3.46. The second-order valence-electron chi connectivity index (χ2n) is 4.88. The van der Waals surface area contributed by atoms with E-state index in [9.17, 15) is 9.59 Å². The molecule has 2 amide bonds. The van der Waals surface area contributed by atoms with E-state index < -0.39 is 11.9 Å². The molecular formula is C13H18N2O3S. The predicted octanol–water partition coefficient (Wildman–Crippen LogP) is 1.98. The molecule has 0 saturated carbocycles. The molecule has 0 aliphatic carbocycles. The summed E-state index contributed by atoms with van der Waals surface area (Å²) in [6.07, 6.45) is 0.542. The number of likely N-dealkylation sites (tertiary alicyclic amines) is 1. The molecule has 1 aromatic heterocycles. The molecule has 1 aliphatic heterocycles. The lowest BCUT2D eigenvalue weighted by atomic mass is 10.1. The van der Waals surface area contributed by atoms with E-state index in [0.29, 0.717) is 26.1 Å². The van der Waals surface area contributed by atoms with Crippen molar-refractivity contribution in [2.24, 2.45) is 5.92 Å². The van der Waals surface area contributed by atoms with Gasteiger partial charge in [-0.2, -0.15) is 0 Å². The Morgan fingerprint density at radius 2 is 2.26 bits per heavy atom. The Hall–Kier alpha value is -1.56. The SMILES string of the molecule is Cc1cc(CNC(=O)N2CCC(C(=O)O)C2)sc1C. The fourth-order valence-corrected chi connectivity index (χ4v) is 3.15. The van der Waals surface area contributed by atoms with Gasteiger partial charge in [0.25, 0.3) is 0 Å². The molecule has 104 valence electrons. The van der Waals surface area contributed by atoms with Crippen LogP contribution in [-0.4, -0.2) is 35.1 Å². The second-order valence-corrected chi connectivity index (χ2v) is 6.22. The number of rotatable bonds is 3. The molecule has 0 bridgehead atoms. The lowest BCUT2D eigenvalue weighted by molar-refractivity contribution is -0.141. The molecule has 5 nitrogen and oxygen atoms in total. The standard InChI is InChI=1S/C13H18N2O3S/c1-8-5-11(19-9(8)2)6-14-13(18)15-4-3-10(7-15)12(16)17/h5,10H,3-4,6-7H2,1-2H3,(H,14,18)(H,16,17). The fraction of sp³-hybridized carbons (Fsp3) is 0.538. The molecule has 0 radical (unpaired) electrons. The van der Waals surface area contributed by atoms with Gasteiger partial charge in [-0.25, -0.2) is 4.79 Å². The normalized spacial score (nSPS) is 18.6. The van der Waals surface area contributed by atoms with Crippen molar-refractivity contribution in [1.29, 1.82) is 0 Å². The van der Waals surface area contributed by atoms with E-state index in [1.165, 1.54) is 10.4 Å². The first-order valence-electron chi connectivity index (χ1n) is 6.29. The van der Waals surface area contributed by atoms with E-state index in [-0.39, 0.29) is 6.03 Å². The highest BCUT2D eigenvalue weighted by Gasteiger charge is 2.30. The first kappa shape index (κ1) is 13.9. The maximum Gasteiger partial charge on any atom is 0.317 e. The van der Waals surface area contributed by atoms with Crippen LogP contribution in [0, 0.1) is 19.8 Å². The van der Waals surface area contributed by atoms with Crippen molar-refractivity contribution in [2.75, 3.05) is 13.1 Å². The molecule has 1 aromatic rings. The highest BCUT2D eigenvalue weighted by atomic mass is 32.1. The number of carbonyl (C=O) groups excluding carboxylic acids is 1. The van der Waals surface area contributed by atoms with Crippen molar-refractivity contribution < 1.29 is 14.7 Å². The average molecular weight is 282 g/mol. The van der Waals surface area contributed by atoms with Gasteiger partial charge in [-0.05, 0) is 31.9 Å². The van der Waals surface area contributed by atoms with Gasteiger partial charge in [0.15, 0.2) is 0 Å². The number of hydrogen-bond donors (Lipinski definition) is 2. The molecule has 1 atom stereocenters. The van der Waals surface area contributed by atoms with E-state index in [2.05, 4.69) is 25.2 Å². The first-order chi connectivity index (χ1) is 8.97. The van der Waals surface area contributed by atoms with E-state index in [1.54, 1.807) is 16.2 Å². The van der Waals surface area contributed by atoms with Crippen LogP contribution in [0.15, 0.2) is 6.07 Å². The Bertz CT molecular complexity index is 479.